The second-order valence-electron chi connectivity index (χ2n) is 3.09. The van der Waals surface area contributed by atoms with Gasteiger partial charge in [-0.1, -0.05) is 13.0 Å². The van der Waals surface area contributed by atoms with E-state index in [2.05, 4.69) is 18.0 Å². The van der Waals surface area contributed by atoms with Gasteiger partial charge >= 0.3 is 0 Å². The Labute approximate surface area is 87.4 Å². The van der Waals surface area contributed by atoms with Gasteiger partial charge in [0.1, 0.15) is 0 Å². The minimum Gasteiger partial charge on any atom is -0.390 e. The third-order valence-electron chi connectivity index (χ3n) is 2.13. The number of pyridine rings is 1. The number of hydrogen-bond donors (Lipinski definition) is 1. The number of nitrogens with zero attached hydrogens (tertiary/aromatic N) is 1. The maximum Gasteiger partial charge on any atom is 0.0939 e. The number of hydrogen-bond acceptors (Lipinski definition) is 3. The highest BCUT2D eigenvalue weighted by Gasteiger charge is 2.06. The van der Waals surface area contributed by atoms with Gasteiger partial charge in [0.2, 0.25) is 0 Å². The minimum absolute atomic E-state index is 0.884. The van der Waals surface area contributed by atoms with Crippen LogP contribution in [-0.4, -0.2) is 4.98 Å². The summed E-state index contributed by atoms with van der Waals surface area (Å²) in [6.45, 7) is 2.14. The average molecular weight is 204 g/mol. The van der Waals surface area contributed by atoms with Crippen molar-refractivity contribution in [2.45, 2.75) is 13.3 Å². The first-order valence-corrected chi connectivity index (χ1v) is 5.41. The molecule has 14 heavy (non-hydrogen) atoms. The fourth-order valence-electron chi connectivity index (χ4n) is 1.38. The van der Waals surface area contributed by atoms with Crippen molar-refractivity contribution in [1.82, 2.24) is 4.98 Å². The fourth-order valence-corrected chi connectivity index (χ4v) is 2.27. The Kier molecular flexibility index (Phi) is 2.50. The average Bonchev–Trinajstić information content (AvgIpc) is 2.61. The van der Waals surface area contributed by atoms with E-state index in [1.165, 1.54) is 4.88 Å². The van der Waals surface area contributed by atoms with E-state index in [9.17, 15) is 0 Å². The Balaban J connectivity index is 2.46. The maximum atomic E-state index is 5.94. The molecule has 0 amide bonds. The monoisotopic (exact) mass is 204 g/mol. The van der Waals surface area contributed by atoms with Crippen LogP contribution < -0.4 is 5.73 Å². The molecule has 72 valence electrons. The van der Waals surface area contributed by atoms with E-state index in [-0.39, 0.29) is 0 Å². The van der Waals surface area contributed by atoms with Crippen LogP contribution in [0.4, 0.5) is 5.00 Å². The molecule has 0 aromatic carbocycles. The molecule has 0 radical (unpaired) electrons. The summed E-state index contributed by atoms with van der Waals surface area (Å²) in [7, 11) is 0. The van der Waals surface area contributed by atoms with Crippen LogP contribution in [0.3, 0.4) is 0 Å². The van der Waals surface area contributed by atoms with E-state index in [1.807, 2.05) is 18.3 Å². The van der Waals surface area contributed by atoms with E-state index in [1.54, 1.807) is 17.5 Å². The predicted molar refractivity (Wildman–Crippen MR) is 61.3 cm³/mol. The summed E-state index contributed by atoms with van der Waals surface area (Å²) in [4.78, 5) is 5.41. The summed E-state index contributed by atoms with van der Waals surface area (Å²) in [5.74, 6) is 0. The van der Waals surface area contributed by atoms with Crippen LogP contribution in [0.5, 0.6) is 0 Å². The Hall–Kier alpha value is -1.35. The van der Waals surface area contributed by atoms with Crippen LogP contribution in [0.1, 0.15) is 11.8 Å². The lowest BCUT2D eigenvalue weighted by atomic mass is 10.1. The van der Waals surface area contributed by atoms with Crippen LogP contribution >= 0.6 is 11.3 Å². The zero-order valence-electron chi connectivity index (χ0n) is 8.03. The van der Waals surface area contributed by atoms with Crippen LogP contribution in [0, 0.1) is 0 Å². The minimum atomic E-state index is 0.884. The first-order chi connectivity index (χ1) is 6.81. The van der Waals surface area contributed by atoms with Gasteiger partial charge in [0.25, 0.3) is 0 Å². The van der Waals surface area contributed by atoms with Gasteiger partial charge < -0.3 is 5.73 Å². The van der Waals surface area contributed by atoms with E-state index in [0.717, 1.165) is 22.5 Å². The first-order valence-electron chi connectivity index (χ1n) is 4.60. The Morgan fingerprint density at radius 2 is 2.36 bits per heavy atom. The van der Waals surface area contributed by atoms with Gasteiger partial charge in [-0.2, -0.15) is 0 Å². The molecule has 0 aliphatic carbocycles. The molecule has 2 aromatic heterocycles. The molecule has 3 heteroatoms. The number of aromatic nitrogens is 1. The second-order valence-corrected chi connectivity index (χ2v) is 4.25. The zero-order valence-corrected chi connectivity index (χ0v) is 8.84. The molecular weight excluding hydrogens is 192 g/mol. The van der Waals surface area contributed by atoms with Crippen LogP contribution in [-0.2, 0) is 6.42 Å². The maximum absolute atomic E-state index is 5.94. The van der Waals surface area contributed by atoms with Crippen LogP contribution in [0.15, 0.2) is 30.6 Å². The lowest BCUT2D eigenvalue weighted by Crippen LogP contribution is -1.83. The molecule has 0 saturated carbocycles. The van der Waals surface area contributed by atoms with Gasteiger partial charge in [-0.3, -0.25) is 4.98 Å². The number of thiophene rings is 1. The molecular formula is C11H12N2S. The van der Waals surface area contributed by atoms with E-state index >= 15 is 0 Å². The molecule has 0 aliphatic rings. The number of nitrogens with two attached hydrogens (primary N) is 1. The third-order valence-corrected chi connectivity index (χ3v) is 3.24. The zero-order chi connectivity index (χ0) is 9.97. The smallest absolute Gasteiger partial charge is 0.0939 e. The van der Waals surface area contributed by atoms with Crippen molar-refractivity contribution in [2.75, 3.05) is 5.73 Å². The van der Waals surface area contributed by atoms with Gasteiger partial charge in [0.05, 0.1) is 5.00 Å². The largest absolute Gasteiger partial charge is 0.390 e. The number of anilines is 1. The molecule has 0 aliphatic heterocycles. The molecule has 0 bridgehead atoms. The molecule has 2 aromatic rings. The molecule has 0 atom stereocenters. The first kappa shape index (κ1) is 9.21. The van der Waals surface area contributed by atoms with Crippen molar-refractivity contribution in [3.63, 3.8) is 0 Å². The summed E-state index contributed by atoms with van der Waals surface area (Å²) in [6.07, 6.45) is 4.65. The van der Waals surface area contributed by atoms with E-state index < -0.39 is 0 Å². The quantitative estimate of drug-likeness (QED) is 0.816. The highest BCUT2D eigenvalue weighted by molar-refractivity contribution is 7.16. The van der Waals surface area contributed by atoms with Crippen LogP contribution in [0.2, 0.25) is 0 Å². The molecule has 2 N–H and O–H groups in total. The van der Waals surface area contributed by atoms with Gasteiger partial charge in [0.15, 0.2) is 0 Å². The Bertz CT molecular complexity index is 420. The summed E-state index contributed by atoms with van der Waals surface area (Å²) in [5, 5.41) is 0.884. The van der Waals surface area contributed by atoms with Crippen molar-refractivity contribution in [3.05, 3.63) is 35.5 Å². The number of rotatable bonds is 2. The summed E-state index contributed by atoms with van der Waals surface area (Å²) in [6, 6.07) is 6.11. The van der Waals surface area contributed by atoms with Gasteiger partial charge in [0, 0.05) is 28.4 Å². The van der Waals surface area contributed by atoms with Gasteiger partial charge in [-0.15, -0.1) is 11.3 Å². The topological polar surface area (TPSA) is 38.9 Å². The molecule has 0 saturated heterocycles. The molecule has 0 unspecified atom stereocenters. The van der Waals surface area contributed by atoms with Crippen molar-refractivity contribution in [2.24, 2.45) is 0 Å². The Morgan fingerprint density at radius 1 is 1.50 bits per heavy atom. The van der Waals surface area contributed by atoms with Crippen molar-refractivity contribution >= 4 is 16.3 Å². The summed E-state index contributed by atoms with van der Waals surface area (Å²) in [5.41, 5.74) is 8.15. The van der Waals surface area contributed by atoms with Gasteiger partial charge in [-0.05, 0) is 18.6 Å². The lowest BCUT2D eigenvalue weighted by molar-refractivity contribution is 1.19. The van der Waals surface area contributed by atoms with Gasteiger partial charge in [-0.25, -0.2) is 0 Å². The lowest BCUT2D eigenvalue weighted by Gasteiger charge is -1.97. The van der Waals surface area contributed by atoms with Crippen molar-refractivity contribution in [3.8, 4) is 11.1 Å². The predicted octanol–water partition coefficient (Wildman–Crippen LogP) is 2.95. The van der Waals surface area contributed by atoms with Crippen LogP contribution in [0.25, 0.3) is 11.1 Å². The number of aryl methyl sites for hydroxylation is 1. The number of nitrogen functional groups attached to an aromatic ring is 1. The summed E-state index contributed by atoms with van der Waals surface area (Å²) < 4.78 is 0. The van der Waals surface area contributed by atoms with E-state index in [4.69, 9.17) is 5.73 Å². The molecule has 0 spiro atoms. The molecule has 0 fully saturated rings. The third kappa shape index (κ3) is 1.63. The normalized spacial score (nSPS) is 10.4. The SMILES string of the molecule is CCc1cc(-c2cccnc2)c(N)s1. The molecule has 2 rings (SSSR count). The molecule has 2 heterocycles. The van der Waals surface area contributed by atoms with Crippen molar-refractivity contribution in [1.29, 1.82) is 0 Å². The Morgan fingerprint density at radius 3 is 2.93 bits per heavy atom. The van der Waals surface area contributed by atoms with Crippen molar-refractivity contribution < 1.29 is 0 Å². The fraction of sp³-hybridized carbons (Fsp3) is 0.182. The van der Waals surface area contributed by atoms with E-state index in [0.29, 0.717) is 0 Å². The standard InChI is InChI=1S/C11H12N2S/c1-2-9-6-10(11(12)14-9)8-4-3-5-13-7-8/h3-7H,2,12H2,1H3. The highest BCUT2D eigenvalue weighted by Crippen LogP contribution is 2.33. The highest BCUT2D eigenvalue weighted by atomic mass is 32.1. The molecule has 2 nitrogen and oxygen atoms in total. The second kappa shape index (κ2) is 3.80. The summed E-state index contributed by atoms with van der Waals surface area (Å²) >= 11 is 1.66.